The number of hydrogen-bond acceptors (Lipinski definition) is 3. The van der Waals surface area contributed by atoms with Gasteiger partial charge in [0, 0.05) is 52.6 Å². The maximum Gasteiger partial charge on any atom is 0.270 e. The molecule has 6 heteroatoms. The van der Waals surface area contributed by atoms with Crippen LogP contribution in [-0.2, 0) is 6.54 Å². The summed E-state index contributed by atoms with van der Waals surface area (Å²) < 4.78 is 4.24. The first-order chi connectivity index (χ1) is 14.9. The van der Waals surface area contributed by atoms with Gasteiger partial charge in [-0.25, -0.2) is 4.52 Å². The summed E-state index contributed by atoms with van der Waals surface area (Å²) in [5, 5.41) is 18.3. The van der Waals surface area contributed by atoms with E-state index in [2.05, 4.69) is 48.7 Å². The zero-order chi connectivity index (χ0) is 21.7. The van der Waals surface area contributed by atoms with Gasteiger partial charge in [0.05, 0.1) is 16.1 Å². The largest absolute Gasteiger partial charge is 0.343 e. The van der Waals surface area contributed by atoms with E-state index in [-0.39, 0.29) is 10.6 Å². The number of aromatic nitrogens is 3. The summed E-state index contributed by atoms with van der Waals surface area (Å²) in [5.41, 5.74) is 7.43. The van der Waals surface area contributed by atoms with Crippen LogP contribution in [0.2, 0.25) is 0 Å². The molecule has 3 heterocycles. The summed E-state index contributed by atoms with van der Waals surface area (Å²) in [7, 11) is 0. The third-order valence-electron chi connectivity index (χ3n) is 6.03. The fraction of sp³-hybridized carbons (Fsp3) is 0.160. The molecular formula is C25H22N4O2. The van der Waals surface area contributed by atoms with Gasteiger partial charge in [0.1, 0.15) is 0 Å². The van der Waals surface area contributed by atoms with Gasteiger partial charge in [-0.15, -0.1) is 0 Å². The van der Waals surface area contributed by atoms with Crippen molar-refractivity contribution >= 4 is 22.0 Å². The Labute approximate surface area is 179 Å². The first-order valence-electron chi connectivity index (χ1n) is 10.2. The summed E-state index contributed by atoms with van der Waals surface area (Å²) in [6, 6.07) is 19.2. The quantitative estimate of drug-likeness (QED) is 0.276. The van der Waals surface area contributed by atoms with E-state index in [1.165, 1.54) is 33.8 Å². The highest BCUT2D eigenvalue weighted by atomic mass is 16.6. The maximum absolute atomic E-state index is 11.2. The van der Waals surface area contributed by atoms with Crippen LogP contribution in [0.15, 0.2) is 66.9 Å². The van der Waals surface area contributed by atoms with Crippen molar-refractivity contribution in [1.82, 2.24) is 14.2 Å². The highest BCUT2D eigenvalue weighted by Gasteiger charge is 2.19. The Kier molecular flexibility index (Phi) is 4.36. The fourth-order valence-electron chi connectivity index (χ4n) is 4.53. The predicted molar refractivity (Wildman–Crippen MR) is 123 cm³/mol. The van der Waals surface area contributed by atoms with Gasteiger partial charge < -0.3 is 4.57 Å². The molecule has 0 aliphatic carbocycles. The number of nitrogens with zero attached hydrogens (tertiary/aromatic N) is 4. The van der Waals surface area contributed by atoms with Crippen LogP contribution in [0.3, 0.4) is 0 Å². The fourth-order valence-corrected chi connectivity index (χ4v) is 4.53. The van der Waals surface area contributed by atoms with E-state index in [1.807, 2.05) is 29.8 Å². The molecule has 0 spiro atoms. The van der Waals surface area contributed by atoms with E-state index >= 15 is 0 Å². The Morgan fingerprint density at radius 1 is 0.903 bits per heavy atom. The number of hydrogen-bond donors (Lipinski definition) is 0. The zero-order valence-corrected chi connectivity index (χ0v) is 17.7. The van der Waals surface area contributed by atoms with Crippen molar-refractivity contribution < 1.29 is 4.92 Å². The highest BCUT2D eigenvalue weighted by molar-refractivity contribution is 6.02. The van der Waals surface area contributed by atoms with E-state index in [9.17, 15) is 10.1 Å². The first-order valence-corrected chi connectivity index (χ1v) is 10.2. The Hall–Kier alpha value is -3.93. The van der Waals surface area contributed by atoms with Crippen LogP contribution in [0.5, 0.6) is 0 Å². The molecule has 0 aliphatic heterocycles. The van der Waals surface area contributed by atoms with E-state index in [0.29, 0.717) is 0 Å². The van der Waals surface area contributed by atoms with E-state index in [4.69, 9.17) is 5.10 Å². The van der Waals surface area contributed by atoms with E-state index in [1.54, 1.807) is 12.1 Å². The predicted octanol–water partition coefficient (Wildman–Crippen LogP) is 5.84. The monoisotopic (exact) mass is 410 g/mol. The molecule has 0 N–H and O–H groups in total. The van der Waals surface area contributed by atoms with Gasteiger partial charge in [-0.1, -0.05) is 42.5 Å². The van der Waals surface area contributed by atoms with Crippen molar-refractivity contribution in [3.05, 3.63) is 99.6 Å². The van der Waals surface area contributed by atoms with Crippen molar-refractivity contribution in [2.45, 2.75) is 27.3 Å². The molecule has 6 nitrogen and oxygen atoms in total. The molecule has 0 fully saturated rings. The summed E-state index contributed by atoms with van der Waals surface area (Å²) in [6.07, 6.45) is 1.95. The van der Waals surface area contributed by atoms with Gasteiger partial charge >= 0.3 is 0 Å². The minimum absolute atomic E-state index is 0.0862. The Bertz CT molecular complexity index is 1460. The number of nitro benzene ring substituents is 1. The van der Waals surface area contributed by atoms with Gasteiger partial charge in [-0.3, -0.25) is 10.1 Å². The van der Waals surface area contributed by atoms with Crippen LogP contribution in [0, 0.1) is 30.9 Å². The Morgan fingerprint density at radius 2 is 1.65 bits per heavy atom. The molecule has 31 heavy (non-hydrogen) atoms. The molecule has 0 bridgehead atoms. The molecule has 0 saturated carbocycles. The van der Waals surface area contributed by atoms with Crippen LogP contribution in [0.1, 0.15) is 22.6 Å². The van der Waals surface area contributed by atoms with Gasteiger partial charge in [0.2, 0.25) is 0 Å². The standard InChI is InChI=1S/C25H22N4O2/c1-16-24-17(2)27(14-19-8-5-4-6-9-19)18(3)25(24)23-13-21(15-28(23)26-16)20-10-7-11-22(12-20)29(30)31/h4-13,15H,14H2,1-3H3. The lowest BCUT2D eigenvalue weighted by Gasteiger charge is -2.09. The third-order valence-corrected chi connectivity index (χ3v) is 6.03. The molecule has 0 aliphatic rings. The molecule has 0 radical (unpaired) electrons. The molecule has 0 atom stereocenters. The second-order valence-electron chi connectivity index (χ2n) is 7.94. The van der Waals surface area contributed by atoms with Gasteiger partial charge in [0.15, 0.2) is 0 Å². The average Bonchev–Trinajstić information content (AvgIpc) is 3.29. The molecule has 2 aromatic carbocycles. The minimum Gasteiger partial charge on any atom is -0.343 e. The lowest BCUT2D eigenvalue weighted by molar-refractivity contribution is -0.384. The van der Waals surface area contributed by atoms with Gasteiger partial charge in [0.25, 0.3) is 5.69 Å². The first kappa shape index (κ1) is 19.1. The molecule has 5 aromatic rings. The zero-order valence-electron chi connectivity index (χ0n) is 17.7. The number of nitro groups is 1. The van der Waals surface area contributed by atoms with Crippen LogP contribution in [0.4, 0.5) is 5.69 Å². The van der Waals surface area contributed by atoms with Gasteiger partial charge in [-0.05, 0) is 38.0 Å². The Morgan fingerprint density at radius 3 is 2.39 bits per heavy atom. The van der Waals surface area contributed by atoms with Crippen molar-refractivity contribution in [3.63, 3.8) is 0 Å². The molecule has 3 aromatic heterocycles. The molecule has 0 amide bonds. The number of rotatable bonds is 4. The lowest BCUT2D eigenvalue weighted by Crippen LogP contribution is -2.03. The maximum atomic E-state index is 11.2. The van der Waals surface area contributed by atoms with Crippen LogP contribution in [-0.4, -0.2) is 19.1 Å². The molecule has 0 saturated heterocycles. The van der Waals surface area contributed by atoms with Crippen molar-refractivity contribution in [2.24, 2.45) is 0 Å². The smallest absolute Gasteiger partial charge is 0.270 e. The number of fused-ring (bicyclic) bond motifs is 3. The van der Waals surface area contributed by atoms with E-state index in [0.717, 1.165) is 28.9 Å². The van der Waals surface area contributed by atoms with Crippen molar-refractivity contribution in [3.8, 4) is 11.1 Å². The summed E-state index contributed by atoms with van der Waals surface area (Å²) in [4.78, 5) is 10.8. The molecule has 5 rings (SSSR count). The SMILES string of the molecule is Cc1nn2cc(-c3cccc([N+](=O)[O-])c3)cc2c2c(C)n(Cc3ccccc3)c(C)c12. The summed E-state index contributed by atoms with van der Waals surface area (Å²) in [6.45, 7) is 7.14. The Balaban J connectivity index is 1.72. The topological polar surface area (TPSA) is 65.4 Å². The average molecular weight is 410 g/mol. The molecule has 154 valence electrons. The minimum atomic E-state index is -0.364. The van der Waals surface area contributed by atoms with Crippen LogP contribution < -0.4 is 0 Å². The number of benzene rings is 2. The molecular weight excluding hydrogens is 388 g/mol. The summed E-state index contributed by atoms with van der Waals surface area (Å²) >= 11 is 0. The lowest BCUT2D eigenvalue weighted by atomic mass is 10.1. The highest BCUT2D eigenvalue weighted by Crippen LogP contribution is 2.34. The number of non-ortho nitro benzene ring substituents is 1. The van der Waals surface area contributed by atoms with Gasteiger partial charge in [-0.2, -0.15) is 5.10 Å². The van der Waals surface area contributed by atoms with Crippen molar-refractivity contribution in [1.29, 1.82) is 0 Å². The normalized spacial score (nSPS) is 11.5. The third kappa shape index (κ3) is 3.08. The van der Waals surface area contributed by atoms with Crippen LogP contribution >= 0.6 is 0 Å². The molecule has 0 unspecified atom stereocenters. The van der Waals surface area contributed by atoms with E-state index < -0.39 is 0 Å². The second kappa shape index (κ2) is 7.09. The second-order valence-corrected chi connectivity index (χ2v) is 7.94. The summed E-state index contributed by atoms with van der Waals surface area (Å²) in [5.74, 6) is 0. The number of aryl methyl sites for hydroxylation is 3. The van der Waals surface area contributed by atoms with Crippen molar-refractivity contribution in [2.75, 3.05) is 0 Å². The van der Waals surface area contributed by atoms with Crippen LogP contribution in [0.25, 0.3) is 27.4 Å².